The molecule has 0 saturated heterocycles. The number of hydrogen-bond donors (Lipinski definition) is 1. The maximum absolute atomic E-state index is 4.25. The summed E-state index contributed by atoms with van der Waals surface area (Å²) in [6, 6.07) is 10.1. The van der Waals surface area contributed by atoms with Crippen LogP contribution in [0.25, 0.3) is 0 Å². The molecule has 0 bridgehead atoms. The normalized spacial score (nSPS) is 10.2. The van der Waals surface area contributed by atoms with E-state index in [0.717, 1.165) is 21.5 Å². The summed E-state index contributed by atoms with van der Waals surface area (Å²) < 4.78 is 1.06. The predicted molar refractivity (Wildman–Crippen MR) is 71.1 cm³/mol. The fraction of sp³-hybridized carbons (Fsp3) is 0.154. The maximum Gasteiger partial charge on any atom is 0.0528 e. The number of hydrogen-bond acceptors (Lipinski definition) is 2. The van der Waals surface area contributed by atoms with Crippen LogP contribution in [-0.2, 0) is 0 Å². The first-order chi connectivity index (χ1) is 7.68. The van der Waals surface area contributed by atoms with Gasteiger partial charge in [-0.2, -0.15) is 0 Å². The number of benzene rings is 1. The van der Waals surface area contributed by atoms with E-state index in [1.165, 1.54) is 5.56 Å². The van der Waals surface area contributed by atoms with Crippen molar-refractivity contribution in [3.8, 4) is 0 Å². The molecular weight excluding hydrogens is 264 g/mol. The average molecular weight is 277 g/mol. The zero-order chi connectivity index (χ0) is 11.5. The van der Waals surface area contributed by atoms with E-state index in [1.807, 2.05) is 43.5 Å². The third kappa shape index (κ3) is 2.25. The van der Waals surface area contributed by atoms with Crippen molar-refractivity contribution in [2.75, 3.05) is 5.32 Å². The smallest absolute Gasteiger partial charge is 0.0528 e. The molecule has 1 heterocycles. The second kappa shape index (κ2) is 4.66. The number of rotatable bonds is 2. The number of aromatic nitrogens is 1. The summed E-state index contributed by atoms with van der Waals surface area (Å²) in [6.45, 7) is 4.09. The van der Waals surface area contributed by atoms with E-state index in [9.17, 15) is 0 Å². The third-order valence-electron chi connectivity index (χ3n) is 2.60. The van der Waals surface area contributed by atoms with Crippen LogP contribution in [0, 0.1) is 13.8 Å². The summed E-state index contributed by atoms with van der Waals surface area (Å²) in [5, 5.41) is 3.39. The van der Waals surface area contributed by atoms with Crippen LogP contribution in [0.1, 0.15) is 11.3 Å². The average Bonchev–Trinajstić information content (AvgIpc) is 2.28. The van der Waals surface area contributed by atoms with Crippen molar-refractivity contribution >= 4 is 27.3 Å². The minimum Gasteiger partial charge on any atom is -0.354 e. The van der Waals surface area contributed by atoms with Gasteiger partial charge in [-0.25, -0.2) is 0 Å². The van der Waals surface area contributed by atoms with Gasteiger partial charge in [-0.1, -0.05) is 12.1 Å². The molecule has 0 saturated carbocycles. The van der Waals surface area contributed by atoms with Gasteiger partial charge in [0.2, 0.25) is 0 Å². The van der Waals surface area contributed by atoms with Gasteiger partial charge >= 0.3 is 0 Å². The first-order valence-corrected chi connectivity index (χ1v) is 5.91. The Labute approximate surface area is 104 Å². The number of pyridine rings is 1. The molecule has 3 heteroatoms. The highest BCUT2D eigenvalue weighted by Crippen LogP contribution is 2.27. The van der Waals surface area contributed by atoms with E-state index in [0.29, 0.717) is 0 Å². The number of para-hydroxylation sites is 1. The fourth-order valence-corrected chi connectivity index (χ4v) is 1.87. The molecule has 1 aromatic heterocycles. The van der Waals surface area contributed by atoms with Gasteiger partial charge in [0.1, 0.15) is 0 Å². The monoisotopic (exact) mass is 276 g/mol. The largest absolute Gasteiger partial charge is 0.354 e. The van der Waals surface area contributed by atoms with Gasteiger partial charge in [0.05, 0.1) is 5.69 Å². The molecule has 0 radical (unpaired) electrons. The lowest BCUT2D eigenvalue weighted by Gasteiger charge is -2.11. The minimum absolute atomic E-state index is 1.05. The lowest BCUT2D eigenvalue weighted by Crippen LogP contribution is -1.96. The van der Waals surface area contributed by atoms with E-state index in [2.05, 4.69) is 33.2 Å². The topological polar surface area (TPSA) is 24.9 Å². The first kappa shape index (κ1) is 11.1. The molecule has 2 aromatic rings. The second-order valence-corrected chi connectivity index (χ2v) is 4.53. The van der Waals surface area contributed by atoms with Crippen LogP contribution in [0.5, 0.6) is 0 Å². The van der Waals surface area contributed by atoms with Gasteiger partial charge in [0.25, 0.3) is 0 Å². The summed E-state index contributed by atoms with van der Waals surface area (Å²) in [5.41, 5.74) is 4.39. The van der Waals surface area contributed by atoms with Gasteiger partial charge in [0, 0.05) is 22.1 Å². The Hall–Kier alpha value is -1.35. The number of halogens is 1. The van der Waals surface area contributed by atoms with Crippen LogP contribution < -0.4 is 5.32 Å². The Morgan fingerprint density at radius 3 is 2.56 bits per heavy atom. The number of anilines is 2. The molecule has 0 amide bonds. The van der Waals surface area contributed by atoms with Crippen molar-refractivity contribution in [2.45, 2.75) is 13.8 Å². The van der Waals surface area contributed by atoms with E-state index < -0.39 is 0 Å². The Morgan fingerprint density at radius 1 is 1.06 bits per heavy atom. The lowest BCUT2D eigenvalue weighted by atomic mass is 10.2. The molecule has 0 aliphatic heterocycles. The van der Waals surface area contributed by atoms with Crippen LogP contribution >= 0.6 is 15.9 Å². The SMILES string of the molecule is Cc1nccc(Nc2ccccc2Br)c1C. The lowest BCUT2D eigenvalue weighted by molar-refractivity contribution is 1.15. The van der Waals surface area contributed by atoms with E-state index in [4.69, 9.17) is 0 Å². The van der Waals surface area contributed by atoms with Gasteiger partial charge in [-0.05, 0) is 53.5 Å². The van der Waals surface area contributed by atoms with Crippen molar-refractivity contribution in [1.82, 2.24) is 4.98 Å². The summed E-state index contributed by atoms with van der Waals surface area (Å²) in [6.07, 6.45) is 1.82. The van der Waals surface area contributed by atoms with Gasteiger partial charge in [0.15, 0.2) is 0 Å². The highest BCUT2D eigenvalue weighted by atomic mass is 79.9. The van der Waals surface area contributed by atoms with Crippen LogP contribution in [0.3, 0.4) is 0 Å². The number of aryl methyl sites for hydroxylation is 1. The molecular formula is C13H13BrN2. The van der Waals surface area contributed by atoms with Gasteiger partial charge < -0.3 is 5.32 Å². The minimum atomic E-state index is 1.05. The van der Waals surface area contributed by atoms with E-state index >= 15 is 0 Å². The van der Waals surface area contributed by atoms with E-state index in [-0.39, 0.29) is 0 Å². The fourth-order valence-electron chi connectivity index (χ4n) is 1.48. The summed E-state index contributed by atoms with van der Waals surface area (Å²) in [4.78, 5) is 4.25. The van der Waals surface area contributed by atoms with Crippen LogP contribution in [0.15, 0.2) is 41.0 Å². The highest BCUT2D eigenvalue weighted by Gasteiger charge is 2.03. The van der Waals surface area contributed by atoms with Crippen molar-refractivity contribution in [3.63, 3.8) is 0 Å². The Morgan fingerprint density at radius 2 is 1.81 bits per heavy atom. The third-order valence-corrected chi connectivity index (χ3v) is 3.29. The quantitative estimate of drug-likeness (QED) is 0.889. The van der Waals surface area contributed by atoms with Crippen molar-refractivity contribution in [2.24, 2.45) is 0 Å². The molecule has 2 rings (SSSR count). The number of nitrogens with zero attached hydrogens (tertiary/aromatic N) is 1. The molecule has 0 atom stereocenters. The van der Waals surface area contributed by atoms with Crippen LogP contribution in [0.2, 0.25) is 0 Å². The molecule has 0 aliphatic rings. The summed E-state index contributed by atoms with van der Waals surface area (Å²) in [7, 11) is 0. The standard InChI is InChI=1S/C13H13BrN2/c1-9-10(2)15-8-7-12(9)16-13-6-4-3-5-11(13)14/h3-8H,1-2H3,(H,15,16). The molecule has 82 valence electrons. The molecule has 0 unspecified atom stereocenters. The molecule has 1 N–H and O–H groups in total. The molecule has 0 spiro atoms. The molecule has 0 aliphatic carbocycles. The summed E-state index contributed by atoms with van der Waals surface area (Å²) >= 11 is 3.52. The molecule has 1 aromatic carbocycles. The molecule has 16 heavy (non-hydrogen) atoms. The van der Waals surface area contributed by atoms with Gasteiger partial charge in [-0.3, -0.25) is 4.98 Å². The zero-order valence-corrected chi connectivity index (χ0v) is 10.9. The van der Waals surface area contributed by atoms with E-state index in [1.54, 1.807) is 0 Å². The number of nitrogens with one attached hydrogen (secondary N) is 1. The Bertz CT molecular complexity index is 509. The van der Waals surface area contributed by atoms with Crippen molar-refractivity contribution in [1.29, 1.82) is 0 Å². The molecule has 0 fully saturated rings. The Kier molecular flexibility index (Phi) is 3.25. The second-order valence-electron chi connectivity index (χ2n) is 3.67. The van der Waals surface area contributed by atoms with Crippen LogP contribution in [-0.4, -0.2) is 4.98 Å². The molecule has 2 nitrogen and oxygen atoms in total. The Balaban J connectivity index is 2.35. The summed E-state index contributed by atoms with van der Waals surface area (Å²) in [5.74, 6) is 0. The van der Waals surface area contributed by atoms with Gasteiger partial charge in [-0.15, -0.1) is 0 Å². The van der Waals surface area contributed by atoms with Crippen LogP contribution in [0.4, 0.5) is 11.4 Å². The van der Waals surface area contributed by atoms with Crippen molar-refractivity contribution < 1.29 is 0 Å². The van der Waals surface area contributed by atoms with Crippen molar-refractivity contribution in [3.05, 3.63) is 52.3 Å². The maximum atomic E-state index is 4.25. The zero-order valence-electron chi connectivity index (χ0n) is 9.29. The highest BCUT2D eigenvalue weighted by molar-refractivity contribution is 9.10. The first-order valence-electron chi connectivity index (χ1n) is 5.12. The predicted octanol–water partition coefficient (Wildman–Crippen LogP) is 4.20.